The van der Waals surface area contributed by atoms with E-state index in [0.717, 1.165) is 13.1 Å². The van der Waals surface area contributed by atoms with Crippen LogP contribution in [0.2, 0.25) is 0 Å². The van der Waals surface area contributed by atoms with Gasteiger partial charge in [-0.25, -0.2) is 4.98 Å². The van der Waals surface area contributed by atoms with Crippen molar-refractivity contribution in [2.24, 2.45) is 0 Å². The molecule has 1 aliphatic rings. The van der Waals surface area contributed by atoms with Crippen LogP contribution in [0.1, 0.15) is 10.5 Å². The fraction of sp³-hybridized carbons (Fsp3) is 0.556. The summed E-state index contributed by atoms with van der Waals surface area (Å²) in [5.41, 5.74) is 2.12. The quantitative estimate of drug-likeness (QED) is 0.754. The number of aromatic nitrogens is 1. The Balaban J connectivity index is 1.94. The molecule has 2 rings (SSSR count). The van der Waals surface area contributed by atoms with Gasteiger partial charge in [0.15, 0.2) is 0 Å². The fourth-order valence-electron chi connectivity index (χ4n) is 1.61. The number of hydrogen-bond donors (Lipinski definition) is 2. The van der Waals surface area contributed by atoms with Crippen LogP contribution in [0, 0.1) is 0 Å². The molecule has 1 aliphatic heterocycles. The van der Waals surface area contributed by atoms with Gasteiger partial charge in [0.05, 0.1) is 17.7 Å². The predicted molar refractivity (Wildman–Crippen MR) is 57.0 cm³/mol. The second-order valence-electron chi connectivity index (χ2n) is 3.39. The molecule has 1 unspecified atom stereocenters. The molecule has 2 heterocycles. The lowest BCUT2D eigenvalue weighted by molar-refractivity contribution is 0.0777. The molecule has 0 aromatic carbocycles. The van der Waals surface area contributed by atoms with Crippen molar-refractivity contribution in [2.45, 2.75) is 12.1 Å². The van der Waals surface area contributed by atoms with E-state index in [4.69, 9.17) is 4.74 Å². The number of carbonyl (C=O) groups is 1. The zero-order valence-electron chi connectivity index (χ0n) is 8.40. The Hall–Kier alpha value is -0.980. The van der Waals surface area contributed by atoms with E-state index < -0.39 is 0 Å². The highest BCUT2D eigenvalue weighted by molar-refractivity contribution is 7.07. The predicted octanol–water partition coefficient (Wildman–Crippen LogP) is -0.140. The SMILES string of the molecule is CO[C@H]1CNCC1NC(=O)c1cscn1. The van der Waals surface area contributed by atoms with Crippen LogP contribution in [0.4, 0.5) is 0 Å². The monoisotopic (exact) mass is 227 g/mol. The van der Waals surface area contributed by atoms with Crippen molar-refractivity contribution in [2.75, 3.05) is 20.2 Å². The summed E-state index contributed by atoms with van der Waals surface area (Å²) in [6.45, 7) is 1.52. The lowest BCUT2D eigenvalue weighted by Crippen LogP contribution is -2.43. The topological polar surface area (TPSA) is 63.2 Å². The van der Waals surface area contributed by atoms with Crippen LogP contribution in [-0.4, -0.2) is 43.2 Å². The summed E-state index contributed by atoms with van der Waals surface area (Å²) in [4.78, 5) is 15.6. The Kier molecular flexibility index (Phi) is 3.30. The number of carbonyl (C=O) groups excluding carboxylic acids is 1. The van der Waals surface area contributed by atoms with Gasteiger partial charge < -0.3 is 15.4 Å². The fourth-order valence-corrected chi connectivity index (χ4v) is 2.15. The molecule has 1 aromatic rings. The third kappa shape index (κ3) is 2.34. The molecule has 1 fully saturated rings. The Morgan fingerprint density at radius 3 is 3.27 bits per heavy atom. The van der Waals surface area contributed by atoms with Crippen LogP contribution < -0.4 is 10.6 Å². The number of rotatable bonds is 3. The number of thiazole rings is 1. The minimum Gasteiger partial charge on any atom is -0.378 e. The number of methoxy groups -OCH3 is 1. The summed E-state index contributed by atoms with van der Waals surface area (Å²) >= 11 is 1.41. The number of nitrogens with one attached hydrogen (secondary N) is 2. The first-order chi connectivity index (χ1) is 7.31. The van der Waals surface area contributed by atoms with E-state index in [0.29, 0.717) is 5.69 Å². The van der Waals surface area contributed by atoms with Crippen LogP contribution in [0.5, 0.6) is 0 Å². The largest absolute Gasteiger partial charge is 0.378 e. The zero-order chi connectivity index (χ0) is 10.7. The molecular weight excluding hydrogens is 214 g/mol. The lowest BCUT2D eigenvalue weighted by Gasteiger charge is -2.17. The smallest absolute Gasteiger partial charge is 0.271 e. The van der Waals surface area contributed by atoms with Crippen molar-refractivity contribution < 1.29 is 9.53 Å². The van der Waals surface area contributed by atoms with E-state index in [2.05, 4.69) is 15.6 Å². The minimum atomic E-state index is -0.132. The highest BCUT2D eigenvalue weighted by Gasteiger charge is 2.28. The van der Waals surface area contributed by atoms with E-state index in [1.807, 2.05) is 0 Å². The number of ether oxygens (including phenoxy) is 1. The van der Waals surface area contributed by atoms with Gasteiger partial charge in [0.2, 0.25) is 0 Å². The Morgan fingerprint density at radius 1 is 1.73 bits per heavy atom. The van der Waals surface area contributed by atoms with E-state index in [1.165, 1.54) is 11.3 Å². The molecule has 5 nitrogen and oxygen atoms in total. The number of nitrogens with zero attached hydrogens (tertiary/aromatic N) is 1. The molecule has 15 heavy (non-hydrogen) atoms. The van der Waals surface area contributed by atoms with Crippen LogP contribution in [0.25, 0.3) is 0 Å². The zero-order valence-corrected chi connectivity index (χ0v) is 9.21. The molecule has 0 aliphatic carbocycles. The molecule has 2 N–H and O–H groups in total. The second-order valence-corrected chi connectivity index (χ2v) is 4.10. The molecule has 0 bridgehead atoms. The molecule has 2 atom stereocenters. The van der Waals surface area contributed by atoms with Crippen LogP contribution >= 0.6 is 11.3 Å². The third-order valence-corrected chi connectivity index (χ3v) is 3.03. The molecule has 0 saturated carbocycles. The average molecular weight is 227 g/mol. The summed E-state index contributed by atoms with van der Waals surface area (Å²) in [7, 11) is 1.65. The van der Waals surface area contributed by atoms with Gasteiger partial charge in [-0.3, -0.25) is 4.79 Å². The second kappa shape index (κ2) is 4.69. The lowest BCUT2D eigenvalue weighted by atomic mass is 10.2. The Bertz CT molecular complexity index is 328. The van der Waals surface area contributed by atoms with E-state index in [1.54, 1.807) is 18.0 Å². The summed E-state index contributed by atoms with van der Waals surface area (Å²) in [5, 5.41) is 7.80. The van der Waals surface area contributed by atoms with Crippen molar-refractivity contribution in [1.29, 1.82) is 0 Å². The maximum absolute atomic E-state index is 11.7. The van der Waals surface area contributed by atoms with Gasteiger partial charge in [0.25, 0.3) is 5.91 Å². The van der Waals surface area contributed by atoms with Crippen molar-refractivity contribution in [3.8, 4) is 0 Å². The van der Waals surface area contributed by atoms with Crippen molar-refractivity contribution in [3.63, 3.8) is 0 Å². The number of hydrogen-bond acceptors (Lipinski definition) is 5. The van der Waals surface area contributed by atoms with Gasteiger partial charge in [0.1, 0.15) is 5.69 Å². The normalized spacial score (nSPS) is 25.4. The first-order valence-electron chi connectivity index (χ1n) is 4.74. The molecule has 1 amide bonds. The van der Waals surface area contributed by atoms with E-state index >= 15 is 0 Å². The first-order valence-corrected chi connectivity index (χ1v) is 5.68. The van der Waals surface area contributed by atoms with Gasteiger partial charge in [0, 0.05) is 25.6 Å². The van der Waals surface area contributed by atoms with Crippen molar-refractivity contribution >= 4 is 17.2 Å². The van der Waals surface area contributed by atoms with E-state index in [9.17, 15) is 4.79 Å². The Labute approximate surface area is 91.9 Å². The molecule has 0 radical (unpaired) electrons. The van der Waals surface area contributed by atoms with Crippen molar-refractivity contribution in [1.82, 2.24) is 15.6 Å². The summed E-state index contributed by atoms with van der Waals surface area (Å²) in [6, 6.07) is 0.0317. The molecule has 1 saturated heterocycles. The van der Waals surface area contributed by atoms with Gasteiger partial charge in [-0.1, -0.05) is 0 Å². The van der Waals surface area contributed by atoms with Crippen LogP contribution in [0.3, 0.4) is 0 Å². The maximum atomic E-state index is 11.7. The van der Waals surface area contributed by atoms with Gasteiger partial charge >= 0.3 is 0 Å². The minimum absolute atomic E-state index is 0.0317. The van der Waals surface area contributed by atoms with Gasteiger partial charge in [-0.05, 0) is 0 Å². The molecule has 0 spiro atoms. The Morgan fingerprint density at radius 2 is 2.60 bits per heavy atom. The third-order valence-electron chi connectivity index (χ3n) is 2.44. The number of amides is 1. The van der Waals surface area contributed by atoms with Crippen LogP contribution in [-0.2, 0) is 4.74 Å². The first kappa shape index (κ1) is 10.5. The summed E-state index contributed by atoms with van der Waals surface area (Å²) in [6.07, 6.45) is 0.0487. The summed E-state index contributed by atoms with van der Waals surface area (Å²) in [5.74, 6) is -0.132. The molecule has 6 heteroatoms. The van der Waals surface area contributed by atoms with Gasteiger partial charge in [-0.2, -0.15) is 0 Å². The summed E-state index contributed by atoms with van der Waals surface area (Å²) < 4.78 is 5.25. The van der Waals surface area contributed by atoms with Crippen molar-refractivity contribution in [3.05, 3.63) is 16.6 Å². The van der Waals surface area contributed by atoms with E-state index in [-0.39, 0.29) is 18.1 Å². The molecular formula is C9H13N3O2S. The van der Waals surface area contributed by atoms with Crippen LogP contribution in [0.15, 0.2) is 10.9 Å². The standard InChI is InChI=1S/C9H13N3O2S/c1-14-8-3-10-2-6(8)12-9(13)7-4-15-5-11-7/h4-6,8,10H,2-3H2,1H3,(H,12,13)/t6?,8-/m0/s1. The highest BCUT2D eigenvalue weighted by Crippen LogP contribution is 2.06. The van der Waals surface area contributed by atoms with Gasteiger partial charge in [-0.15, -0.1) is 11.3 Å². The maximum Gasteiger partial charge on any atom is 0.271 e. The highest BCUT2D eigenvalue weighted by atomic mass is 32.1. The molecule has 82 valence electrons. The molecule has 1 aromatic heterocycles. The average Bonchev–Trinajstić information content (AvgIpc) is 2.87.